The van der Waals surface area contributed by atoms with Crippen molar-refractivity contribution in [1.29, 1.82) is 0 Å². The highest BCUT2D eigenvalue weighted by atomic mass is 16.5. The van der Waals surface area contributed by atoms with Crippen LogP contribution in [0.1, 0.15) is 11.1 Å². The predicted octanol–water partition coefficient (Wildman–Crippen LogP) is 4.62. The summed E-state index contributed by atoms with van der Waals surface area (Å²) in [5.74, 6) is 0.957. The summed E-state index contributed by atoms with van der Waals surface area (Å²) in [7, 11) is 1.73. The minimum atomic E-state index is 0.957. The zero-order chi connectivity index (χ0) is 12.7. The van der Waals surface area contributed by atoms with E-state index in [-0.39, 0.29) is 0 Å². The van der Waals surface area contributed by atoms with Gasteiger partial charge in [-0.2, -0.15) is 0 Å². The fourth-order valence-corrected chi connectivity index (χ4v) is 2.82. The number of hydrogen-bond acceptors (Lipinski definition) is 1. The van der Waals surface area contributed by atoms with Crippen LogP contribution in [-0.4, -0.2) is 7.11 Å². The Kier molecular flexibility index (Phi) is 2.48. The molecule has 3 aromatic rings. The molecule has 0 N–H and O–H groups in total. The molecule has 0 aromatic heterocycles. The Morgan fingerprint density at radius 1 is 0.722 bits per heavy atom. The summed E-state index contributed by atoms with van der Waals surface area (Å²) in [6, 6.07) is 14.8. The van der Waals surface area contributed by atoms with Crippen LogP contribution >= 0.6 is 0 Å². The van der Waals surface area contributed by atoms with E-state index >= 15 is 0 Å². The van der Waals surface area contributed by atoms with Gasteiger partial charge in [-0.05, 0) is 47.2 Å². The fraction of sp³-hybridized carbons (Fsp3) is 0.176. The van der Waals surface area contributed by atoms with E-state index in [0.717, 1.165) is 5.75 Å². The van der Waals surface area contributed by atoms with Gasteiger partial charge in [0.1, 0.15) is 5.75 Å². The Bertz CT molecular complexity index is 741. The van der Waals surface area contributed by atoms with Crippen LogP contribution in [0.3, 0.4) is 0 Å². The number of methoxy groups -OCH3 is 1. The minimum absolute atomic E-state index is 0.957. The normalized spacial score (nSPS) is 11.1. The standard InChI is InChI=1S/C17H16O/c1-11-13-7-4-5-8-14(13)12(2)17-15(11)9-6-10-16(17)18-3/h4-10H,1-3H3. The maximum Gasteiger partial charge on any atom is 0.126 e. The van der Waals surface area contributed by atoms with E-state index in [1.807, 2.05) is 6.07 Å². The lowest BCUT2D eigenvalue weighted by Gasteiger charge is -2.14. The lowest BCUT2D eigenvalue weighted by atomic mass is 9.93. The summed E-state index contributed by atoms with van der Waals surface area (Å²) in [6.45, 7) is 4.36. The zero-order valence-electron chi connectivity index (χ0n) is 10.9. The first kappa shape index (κ1) is 11.1. The molecular formula is C17H16O. The Hall–Kier alpha value is -2.02. The summed E-state index contributed by atoms with van der Waals surface area (Å²) in [4.78, 5) is 0. The van der Waals surface area contributed by atoms with Gasteiger partial charge in [0, 0.05) is 5.39 Å². The van der Waals surface area contributed by atoms with Gasteiger partial charge in [-0.15, -0.1) is 0 Å². The lowest BCUT2D eigenvalue weighted by Crippen LogP contribution is -1.91. The fourth-order valence-electron chi connectivity index (χ4n) is 2.82. The van der Waals surface area contributed by atoms with Crippen LogP contribution in [0.4, 0.5) is 0 Å². The molecule has 3 rings (SSSR count). The van der Waals surface area contributed by atoms with E-state index in [1.165, 1.54) is 32.7 Å². The van der Waals surface area contributed by atoms with Crippen molar-refractivity contribution in [2.75, 3.05) is 7.11 Å². The molecular weight excluding hydrogens is 220 g/mol. The van der Waals surface area contributed by atoms with E-state index in [4.69, 9.17) is 4.74 Å². The van der Waals surface area contributed by atoms with Crippen molar-refractivity contribution in [3.63, 3.8) is 0 Å². The first-order valence-corrected chi connectivity index (χ1v) is 6.18. The van der Waals surface area contributed by atoms with Crippen molar-refractivity contribution < 1.29 is 4.74 Å². The van der Waals surface area contributed by atoms with Gasteiger partial charge in [-0.3, -0.25) is 0 Å². The third-order valence-corrected chi connectivity index (χ3v) is 3.76. The van der Waals surface area contributed by atoms with Crippen LogP contribution in [0.25, 0.3) is 21.5 Å². The van der Waals surface area contributed by atoms with E-state index in [9.17, 15) is 0 Å². The van der Waals surface area contributed by atoms with Crippen LogP contribution in [0, 0.1) is 13.8 Å². The maximum absolute atomic E-state index is 5.51. The second kappa shape index (κ2) is 4.02. The molecule has 0 spiro atoms. The molecule has 0 bridgehead atoms. The van der Waals surface area contributed by atoms with Crippen molar-refractivity contribution in [2.45, 2.75) is 13.8 Å². The van der Waals surface area contributed by atoms with E-state index in [0.29, 0.717) is 0 Å². The highest BCUT2D eigenvalue weighted by molar-refractivity contribution is 6.07. The van der Waals surface area contributed by atoms with Gasteiger partial charge in [-0.1, -0.05) is 36.4 Å². The first-order chi connectivity index (χ1) is 8.74. The first-order valence-electron chi connectivity index (χ1n) is 6.18. The number of fused-ring (bicyclic) bond motifs is 2. The Balaban J connectivity index is 2.63. The second-order valence-corrected chi connectivity index (χ2v) is 4.68. The van der Waals surface area contributed by atoms with Crippen LogP contribution < -0.4 is 4.74 Å². The molecule has 0 atom stereocenters. The van der Waals surface area contributed by atoms with Crippen molar-refractivity contribution in [3.8, 4) is 5.75 Å². The van der Waals surface area contributed by atoms with Gasteiger partial charge in [0.2, 0.25) is 0 Å². The smallest absolute Gasteiger partial charge is 0.126 e. The van der Waals surface area contributed by atoms with E-state index in [2.05, 4.69) is 50.2 Å². The number of hydrogen-bond donors (Lipinski definition) is 0. The molecule has 0 saturated carbocycles. The molecule has 1 nitrogen and oxygen atoms in total. The van der Waals surface area contributed by atoms with Gasteiger partial charge < -0.3 is 4.74 Å². The molecule has 3 aromatic carbocycles. The lowest BCUT2D eigenvalue weighted by molar-refractivity contribution is 0.419. The monoisotopic (exact) mass is 236 g/mol. The SMILES string of the molecule is COc1cccc2c(C)c3ccccc3c(C)c12. The quantitative estimate of drug-likeness (QED) is 0.560. The number of ether oxygens (including phenoxy) is 1. The molecule has 0 saturated heterocycles. The Labute approximate surface area is 107 Å². The van der Waals surface area contributed by atoms with Crippen LogP contribution in [-0.2, 0) is 0 Å². The molecule has 0 unspecified atom stereocenters. The molecule has 18 heavy (non-hydrogen) atoms. The summed E-state index contributed by atoms with van der Waals surface area (Å²) >= 11 is 0. The zero-order valence-corrected chi connectivity index (χ0v) is 10.9. The summed E-state index contributed by atoms with van der Waals surface area (Å²) in [5.41, 5.74) is 2.62. The van der Waals surface area contributed by atoms with Gasteiger partial charge in [-0.25, -0.2) is 0 Å². The largest absolute Gasteiger partial charge is 0.496 e. The van der Waals surface area contributed by atoms with Crippen LogP contribution in [0.15, 0.2) is 42.5 Å². The minimum Gasteiger partial charge on any atom is -0.496 e. The number of benzene rings is 3. The van der Waals surface area contributed by atoms with Crippen molar-refractivity contribution in [3.05, 3.63) is 53.6 Å². The highest BCUT2D eigenvalue weighted by Crippen LogP contribution is 2.36. The van der Waals surface area contributed by atoms with Crippen LogP contribution in [0.2, 0.25) is 0 Å². The number of aryl methyl sites for hydroxylation is 2. The highest BCUT2D eigenvalue weighted by Gasteiger charge is 2.11. The Morgan fingerprint density at radius 3 is 2.00 bits per heavy atom. The van der Waals surface area contributed by atoms with Gasteiger partial charge in [0.05, 0.1) is 7.11 Å². The summed E-state index contributed by atoms with van der Waals surface area (Å²) in [5, 5.41) is 5.16. The van der Waals surface area contributed by atoms with Gasteiger partial charge >= 0.3 is 0 Å². The molecule has 0 amide bonds. The third-order valence-electron chi connectivity index (χ3n) is 3.76. The number of rotatable bonds is 1. The van der Waals surface area contributed by atoms with E-state index < -0.39 is 0 Å². The summed E-state index contributed by atoms with van der Waals surface area (Å²) < 4.78 is 5.51. The van der Waals surface area contributed by atoms with Crippen molar-refractivity contribution >= 4 is 21.5 Å². The van der Waals surface area contributed by atoms with E-state index in [1.54, 1.807) is 7.11 Å². The van der Waals surface area contributed by atoms with Gasteiger partial charge in [0.15, 0.2) is 0 Å². The molecule has 90 valence electrons. The average Bonchev–Trinajstić information content (AvgIpc) is 2.44. The molecule has 0 aliphatic heterocycles. The molecule has 0 fully saturated rings. The maximum atomic E-state index is 5.51. The third kappa shape index (κ3) is 1.40. The molecule has 0 aliphatic carbocycles. The Morgan fingerprint density at radius 2 is 1.33 bits per heavy atom. The predicted molar refractivity (Wildman–Crippen MR) is 77.5 cm³/mol. The van der Waals surface area contributed by atoms with Crippen molar-refractivity contribution in [1.82, 2.24) is 0 Å². The second-order valence-electron chi connectivity index (χ2n) is 4.68. The van der Waals surface area contributed by atoms with Crippen molar-refractivity contribution in [2.24, 2.45) is 0 Å². The van der Waals surface area contributed by atoms with Crippen LogP contribution in [0.5, 0.6) is 5.75 Å². The van der Waals surface area contributed by atoms with Gasteiger partial charge in [0.25, 0.3) is 0 Å². The molecule has 0 radical (unpaired) electrons. The molecule has 0 aliphatic rings. The molecule has 0 heterocycles. The summed E-state index contributed by atoms with van der Waals surface area (Å²) in [6.07, 6.45) is 0. The average molecular weight is 236 g/mol. The topological polar surface area (TPSA) is 9.23 Å². The molecule has 1 heteroatoms.